The molecule has 2 aliphatic rings. The van der Waals surface area contributed by atoms with Crippen molar-refractivity contribution >= 4 is 5.95 Å². The van der Waals surface area contributed by atoms with Gasteiger partial charge in [-0.2, -0.15) is 0 Å². The van der Waals surface area contributed by atoms with Crippen LogP contribution in [-0.4, -0.2) is 44.2 Å². The number of benzene rings is 1. The molecular weight excluding hydrogens is 304 g/mol. The van der Waals surface area contributed by atoms with Crippen LogP contribution in [0.25, 0.3) is 11.3 Å². The van der Waals surface area contributed by atoms with Crippen LogP contribution in [0.2, 0.25) is 0 Å². The third kappa shape index (κ3) is 2.09. The molecule has 0 saturated carbocycles. The van der Waals surface area contributed by atoms with Gasteiger partial charge < -0.3 is 9.64 Å². The Kier molecular flexibility index (Phi) is 3.05. The number of aromatic nitrogens is 5. The molecule has 0 aliphatic carbocycles. The number of ether oxygens (including phenoxy) is 1. The summed E-state index contributed by atoms with van der Waals surface area (Å²) < 4.78 is 8.13. The Balaban J connectivity index is 1.48. The third-order valence-corrected chi connectivity index (χ3v) is 4.66. The van der Waals surface area contributed by atoms with E-state index in [1.54, 1.807) is 12.4 Å². The lowest BCUT2D eigenvalue weighted by atomic mass is 10.1. The summed E-state index contributed by atoms with van der Waals surface area (Å²) in [6.07, 6.45) is 3.62. The van der Waals surface area contributed by atoms with E-state index in [4.69, 9.17) is 4.74 Å². The van der Waals surface area contributed by atoms with E-state index in [-0.39, 0.29) is 12.1 Å². The van der Waals surface area contributed by atoms with Crippen molar-refractivity contribution in [2.45, 2.75) is 18.8 Å². The molecule has 2 atom stereocenters. The first-order valence-corrected chi connectivity index (χ1v) is 8.03. The minimum atomic E-state index is 0.0895. The lowest BCUT2D eigenvalue weighted by molar-refractivity contribution is -0.00227. The Labute approximate surface area is 138 Å². The molecule has 0 radical (unpaired) electrons. The van der Waals surface area contributed by atoms with Gasteiger partial charge >= 0.3 is 0 Å². The number of hydrogen-bond acceptors (Lipinski definition) is 6. The Morgan fingerprint density at radius 1 is 1.00 bits per heavy atom. The summed E-state index contributed by atoms with van der Waals surface area (Å²) in [7, 11) is 0. The van der Waals surface area contributed by atoms with Crippen LogP contribution >= 0.6 is 0 Å². The molecule has 120 valence electrons. The number of nitrogens with zero attached hydrogens (tertiary/aromatic N) is 6. The minimum Gasteiger partial charge on any atom is -0.368 e. The van der Waals surface area contributed by atoms with Gasteiger partial charge in [-0.05, 0) is 6.07 Å². The van der Waals surface area contributed by atoms with Crippen molar-refractivity contribution in [1.29, 1.82) is 0 Å². The van der Waals surface area contributed by atoms with Crippen LogP contribution in [0.5, 0.6) is 0 Å². The summed E-state index contributed by atoms with van der Waals surface area (Å²) in [5.41, 5.74) is 3.02. The second kappa shape index (κ2) is 5.38. The fraction of sp³-hybridized carbons (Fsp3) is 0.294. The van der Waals surface area contributed by atoms with E-state index in [0.717, 1.165) is 36.0 Å². The van der Waals surface area contributed by atoms with Gasteiger partial charge in [-0.15, -0.1) is 5.10 Å². The van der Waals surface area contributed by atoms with Gasteiger partial charge in [0, 0.05) is 31.0 Å². The fourth-order valence-corrected chi connectivity index (χ4v) is 3.49. The van der Waals surface area contributed by atoms with Gasteiger partial charge in [0.05, 0.1) is 24.4 Å². The zero-order valence-corrected chi connectivity index (χ0v) is 13.0. The highest BCUT2D eigenvalue weighted by Gasteiger charge is 2.41. The molecule has 2 aliphatic heterocycles. The van der Waals surface area contributed by atoms with Crippen LogP contribution in [0.15, 0.2) is 48.8 Å². The van der Waals surface area contributed by atoms with Gasteiger partial charge in [0.25, 0.3) is 0 Å². The van der Waals surface area contributed by atoms with E-state index in [0.29, 0.717) is 6.61 Å². The molecule has 5 rings (SSSR count). The SMILES string of the molecule is c1ccc(-c2nnn3c2COC2CN(c4ncccn4)C[C@H]23)cc1. The zero-order chi connectivity index (χ0) is 15.9. The van der Waals surface area contributed by atoms with Crippen LogP contribution in [-0.2, 0) is 11.3 Å². The third-order valence-electron chi connectivity index (χ3n) is 4.66. The molecule has 7 nitrogen and oxygen atoms in total. The van der Waals surface area contributed by atoms with E-state index in [1.165, 1.54) is 0 Å². The van der Waals surface area contributed by atoms with Crippen LogP contribution in [0.1, 0.15) is 11.7 Å². The number of anilines is 1. The average Bonchev–Trinajstić information content (AvgIpc) is 3.27. The molecule has 7 heteroatoms. The molecule has 0 bridgehead atoms. The monoisotopic (exact) mass is 320 g/mol. The molecule has 1 aromatic carbocycles. The van der Waals surface area contributed by atoms with Crippen molar-refractivity contribution in [3.63, 3.8) is 0 Å². The van der Waals surface area contributed by atoms with Crippen LogP contribution < -0.4 is 4.90 Å². The minimum absolute atomic E-state index is 0.0895. The van der Waals surface area contributed by atoms with Crippen LogP contribution in [0, 0.1) is 0 Å². The van der Waals surface area contributed by atoms with Crippen molar-refractivity contribution in [2.75, 3.05) is 18.0 Å². The summed E-state index contributed by atoms with van der Waals surface area (Å²) in [4.78, 5) is 10.8. The second-order valence-corrected chi connectivity index (χ2v) is 6.07. The first-order valence-electron chi connectivity index (χ1n) is 8.03. The molecule has 1 fully saturated rings. The maximum absolute atomic E-state index is 6.10. The van der Waals surface area contributed by atoms with E-state index >= 15 is 0 Å². The smallest absolute Gasteiger partial charge is 0.225 e. The number of hydrogen-bond donors (Lipinski definition) is 0. The highest BCUT2D eigenvalue weighted by atomic mass is 16.5. The molecule has 0 N–H and O–H groups in total. The predicted octanol–water partition coefficient (Wildman–Crippen LogP) is 1.70. The molecule has 3 aromatic rings. The first-order chi connectivity index (χ1) is 11.9. The number of fused-ring (bicyclic) bond motifs is 3. The largest absolute Gasteiger partial charge is 0.368 e. The quantitative estimate of drug-likeness (QED) is 0.716. The van der Waals surface area contributed by atoms with E-state index < -0.39 is 0 Å². The average molecular weight is 320 g/mol. The van der Waals surface area contributed by atoms with Crippen LogP contribution in [0.4, 0.5) is 5.95 Å². The molecule has 24 heavy (non-hydrogen) atoms. The van der Waals surface area contributed by atoms with Gasteiger partial charge in [0.15, 0.2) is 0 Å². The van der Waals surface area contributed by atoms with E-state index in [1.807, 2.05) is 28.9 Å². The molecule has 0 amide bonds. The van der Waals surface area contributed by atoms with Gasteiger partial charge in [0.1, 0.15) is 5.69 Å². The topological polar surface area (TPSA) is 69.0 Å². The molecule has 2 aromatic heterocycles. The zero-order valence-electron chi connectivity index (χ0n) is 13.0. The highest BCUT2D eigenvalue weighted by molar-refractivity contribution is 5.61. The van der Waals surface area contributed by atoms with Crippen molar-refractivity contribution < 1.29 is 4.74 Å². The summed E-state index contributed by atoms with van der Waals surface area (Å²) in [5, 5.41) is 8.83. The lowest BCUT2D eigenvalue weighted by Crippen LogP contribution is -2.32. The normalized spacial score (nSPS) is 22.2. The molecule has 1 unspecified atom stereocenters. The summed E-state index contributed by atoms with van der Waals surface area (Å²) >= 11 is 0. The Hall–Kier alpha value is -2.80. The van der Waals surface area contributed by atoms with Gasteiger partial charge in [-0.1, -0.05) is 35.5 Å². The van der Waals surface area contributed by atoms with E-state index in [9.17, 15) is 0 Å². The molecule has 0 spiro atoms. The lowest BCUT2D eigenvalue weighted by Gasteiger charge is -2.26. The first kappa shape index (κ1) is 13.6. The fourth-order valence-electron chi connectivity index (χ4n) is 3.49. The predicted molar refractivity (Wildman–Crippen MR) is 87.3 cm³/mol. The maximum atomic E-state index is 6.10. The van der Waals surface area contributed by atoms with Crippen LogP contribution in [0.3, 0.4) is 0 Å². The number of rotatable bonds is 2. The molecular formula is C17H16N6O. The summed E-state index contributed by atoms with van der Waals surface area (Å²) in [5.74, 6) is 0.737. The highest BCUT2D eigenvalue weighted by Crippen LogP contribution is 2.35. The standard InChI is InChI=1S/C17H16N6O/c1-2-5-12(6-3-1)16-14-11-24-15-10-22(17-18-7-4-8-19-17)9-13(15)23(14)21-20-16/h1-8,13,15H,9-11H2/t13-,15?/m1/s1. The Bertz CT molecular complexity index is 850. The van der Waals surface area contributed by atoms with Gasteiger partial charge in [-0.3, -0.25) is 0 Å². The van der Waals surface area contributed by atoms with Crippen molar-refractivity contribution in [3.05, 3.63) is 54.5 Å². The van der Waals surface area contributed by atoms with E-state index in [2.05, 4.69) is 37.3 Å². The Morgan fingerprint density at radius 2 is 1.83 bits per heavy atom. The Morgan fingerprint density at radius 3 is 2.67 bits per heavy atom. The van der Waals surface area contributed by atoms with Gasteiger partial charge in [-0.25, -0.2) is 14.6 Å². The maximum Gasteiger partial charge on any atom is 0.225 e. The van der Waals surface area contributed by atoms with Crippen molar-refractivity contribution in [3.8, 4) is 11.3 Å². The van der Waals surface area contributed by atoms with Crippen molar-refractivity contribution in [1.82, 2.24) is 25.0 Å². The summed E-state index contributed by atoms with van der Waals surface area (Å²) in [6, 6.07) is 12.1. The van der Waals surface area contributed by atoms with Gasteiger partial charge in [0.2, 0.25) is 5.95 Å². The summed E-state index contributed by atoms with van der Waals surface area (Å²) in [6.45, 7) is 2.08. The van der Waals surface area contributed by atoms with Crippen molar-refractivity contribution in [2.24, 2.45) is 0 Å². The molecule has 1 saturated heterocycles. The molecule has 4 heterocycles. The second-order valence-electron chi connectivity index (χ2n) is 6.07.